The van der Waals surface area contributed by atoms with Crippen molar-refractivity contribution in [3.05, 3.63) is 95.1 Å². The first-order valence-corrected chi connectivity index (χ1v) is 10.7. The summed E-state index contributed by atoms with van der Waals surface area (Å²) in [5, 5.41) is 30.7. The van der Waals surface area contributed by atoms with Gasteiger partial charge in [-0.05, 0) is 105 Å². The lowest BCUT2D eigenvalue weighted by Crippen LogP contribution is -2.11. The highest BCUT2D eigenvalue weighted by atomic mass is 16.5. The van der Waals surface area contributed by atoms with Gasteiger partial charge < -0.3 is 25.0 Å². The van der Waals surface area contributed by atoms with Gasteiger partial charge in [-0.25, -0.2) is 0 Å². The molecule has 0 aliphatic heterocycles. The maximum Gasteiger partial charge on any atom is 0.172 e. The maximum absolute atomic E-state index is 10.5. The van der Waals surface area contributed by atoms with Crippen molar-refractivity contribution in [3.63, 3.8) is 0 Å². The number of benzene rings is 4. The highest BCUT2D eigenvalue weighted by Crippen LogP contribution is 2.45. The Labute approximate surface area is 193 Å². The van der Waals surface area contributed by atoms with Crippen LogP contribution in [-0.2, 0) is 0 Å². The summed E-state index contributed by atoms with van der Waals surface area (Å²) in [5.74, 6) is 1.46. The van der Waals surface area contributed by atoms with E-state index < -0.39 is 0 Å². The lowest BCUT2D eigenvalue weighted by Gasteiger charge is -2.28. The van der Waals surface area contributed by atoms with E-state index in [1.807, 2.05) is 87.2 Å². The number of rotatable bonds is 5. The standard InChI is InChI=1S/C28H27NO4/c1-17-13-20(4)28(26(32)14-17)33-27-8-6-5-7-23(27)29(21-9-11-24(30)18(2)15-21)22-10-12-25(31)19(3)16-22/h5-16,30-32H,1-4H3. The molecule has 4 aromatic rings. The lowest BCUT2D eigenvalue weighted by atomic mass is 10.1. The van der Waals surface area contributed by atoms with Crippen LogP contribution in [0.3, 0.4) is 0 Å². The summed E-state index contributed by atoms with van der Waals surface area (Å²) in [7, 11) is 0. The minimum Gasteiger partial charge on any atom is -0.508 e. The van der Waals surface area contributed by atoms with Gasteiger partial charge in [0.2, 0.25) is 0 Å². The SMILES string of the molecule is Cc1cc(C)c(Oc2ccccc2N(c2ccc(O)c(C)c2)c2ccc(O)c(C)c2)c(O)c1. The highest BCUT2D eigenvalue weighted by molar-refractivity contribution is 5.81. The number of ether oxygens (including phenoxy) is 1. The van der Waals surface area contributed by atoms with E-state index in [1.54, 1.807) is 18.2 Å². The smallest absolute Gasteiger partial charge is 0.172 e. The van der Waals surface area contributed by atoms with Crippen LogP contribution in [0.15, 0.2) is 72.8 Å². The molecule has 0 aliphatic rings. The number of nitrogens with zero attached hydrogens (tertiary/aromatic N) is 1. The lowest BCUT2D eigenvalue weighted by molar-refractivity contribution is 0.409. The summed E-state index contributed by atoms with van der Waals surface area (Å²) in [5.41, 5.74) is 5.62. The maximum atomic E-state index is 10.5. The van der Waals surface area contributed by atoms with E-state index in [1.165, 1.54) is 0 Å². The van der Waals surface area contributed by atoms with Crippen molar-refractivity contribution in [1.82, 2.24) is 0 Å². The van der Waals surface area contributed by atoms with E-state index in [-0.39, 0.29) is 17.2 Å². The number of hydrogen-bond acceptors (Lipinski definition) is 5. The minimum atomic E-state index is 0.0785. The van der Waals surface area contributed by atoms with Crippen molar-refractivity contribution < 1.29 is 20.1 Å². The predicted octanol–water partition coefficient (Wildman–Crippen LogP) is 7.30. The average molecular weight is 442 g/mol. The number of hydrogen-bond donors (Lipinski definition) is 3. The van der Waals surface area contributed by atoms with Crippen LogP contribution in [0.5, 0.6) is 28.7 Å². The van der Waals surface area contributed by atoms with E-state index in [0.717, 1.165) is 39.3 Å². The van der Waals surface area contributed by atoms with Gasteiger partial charge in [-0.3, -0.25) is 0 Å². The molecule has 4 aromatic carbocycles. The van der Waals surface area contributed by atoms with Gasteiger partial charge in [-0.15, -0.1) is 0 Å². The molecule has 0 aromatic heterocycles. The van der Waals surface area contributed by atoms with Crippen LogP contribution in [-0.4, -0.2) is 15.3 Å². The Morgan fingerprint density at radius 1 is 0.606 bits per heavy atom. The molecule has 0 fully saturated rings. The van der Waals surface area contributed by atoms with E-state index >= 15 is 0 Å². The minimum absolute atomic E-state index is 0.0785. The van der Waals surface area contributed by atoms with E-state index in [0.29, 0.717) is 11.5 Å². The second-order valence-corrected chi connectivity index (χ2v) is 8.28. The Morgan fingerprint density at radius 2 is 1.18 bits per heavy atom. The van der Waals surface area contributed by atoms with Crippen LogP contribution in [0.1, 0.15) is 22.3 Å². The second-order valence-electron chi connectivity index (χ2n) is 8.28. The van der Waals surface area contributed by atoms with Gasteiger partial charge in [0.15, 0.2) is 17.2 Å². The summed E-state index contributed by atoms with van der Waals surface area (Å²) in [4.78, 5) is 1.99. The molecule has 168 valence electrons. The number of phenols is 3. The Kier molecular flexibility index (Phi) is 5.88. The molecule has 0 bridgehead atoms. The third kappa shape index (κ3) is 4.44. The largest absolute Gasteiger partial charge is 0.508 e. The van der Waals surface area contributed by atoms with Crippen LogP contribution >= 0.6 is 0 Å². The first kappa shape index (κ1) is 22.1. The van der Waals surface area contributed by atoms with Gasteiger partial charge >= 0.3 is 0 Å². The summed E-state index contributed by atoms with van der Waals surface area (Å²) in [6.07, 6.45) is 0. The van der Waals surface area contributed by atoms with Crippen LogP contribution in [0.4, 0.5) is 17.1 Å². The van der Waals surface area contributed by atoms with Crippen molar-refractivity contribution in [2.45, 2.75) is 27.7 Å². The molecular weight excluding hydrogens is 414 g/mol. The van der Waals surface area contributed by atoms with E-state index in [2.05, 4.69) is 0 Å². The van der Waals surface area contributed by atoms with Gasteiger partial charge in [-0.1, -0.05) is 18.2 Å². The van der Waals surface area contributed by atoms with Gasteiger partial charge in [-0.2, -0.15) is 0 Å². The predicted molar refractivity (Wildman–Crippen MR) is 132 cm³/mol. The van der Waals surface area contributed by atoms with Crippen molar-refractivity contribution in [2.24, 2.45) is 0 Å². The van der Waals surface area contributed by atoms with Crippen molar-refractivity contribution in [1.29, 1.82) is 0 Å². The first-order valence-electron chi connectivity index (χ1n) is 10.7. The molecule has 3 N–H and O–H groups in total. The summed E-state index contributed by atoms with van der Waals surface area (Å²) in [6, 6.07) is 22.0. The van der Waals surface area contributed by atoms with E-state index in [9.17, 15) is 15.3 Å². The topological polar surface area (TPSA) is 73.2 Å². The molecule has 0 unspecified atom stereocenters. The van der Waals surface area contributed by atoms with Crippen molar-refractivity contribution in [2.75, 3.05) is 4.90 Å². The Bertz CT molecular complexity index is 1260. The van der Waals surface area contributed by atoms with Gasteiger partial charge in [0.05, 0.1) is 5.69 Å². The fourth-order valence-corrected chi connectivity index (χ4v) is 3.89. The number of phenolic OH excluding ortho intramolecular Hbond substituents is 3. The molecule has 4 rings (SSSR count). The molecular formula is C28H27NO4. The Morgan fingerprint density at radius 3 is 1.73 bits per heavy atom. The molecule has 0 heterocycles. The fourth-order valence-electron chi connectivity index (χ4n) is 3.89. The number of aromatic hydroxyl groups is 3. The third-order valence-corrected chi connectivity index (χ3v) is 5.59. The summed E-state index contributed by atoms with van der Waals surface area (Å²) < 4.78 is 6.27. The fraction of sp³-hybridized carbons (Fsp3) is 0.143. The molecule has 33 heavy (non-hydrogen) atoms. The molecule has 0 atom stereocenters. The molecule has 5 heteroatoms. The van der Waals surface area contributed by atoms with Crippen LogP contribution in [0.2, 0.25) is 0 Å². The molecule has 5 nitrogen and oxygen atoms in total. The van der Waals surface area contributed by atoms with Gasteiger partial charge in [0.1, 0.15) is 11.5 Å². The van der Waals surface area contributed by atoms with Gasteiger partial charge in [0.25, 0.3) is 0 Å². The number of aryl methyl sites for hydroxylation is 4. The zero-order valence-corrected chi connectivity index (χ0v) is 19.1. The Balaban J connectivity index is 1.90. The molecule has 0 saturated heterocycles. The number of anilines is 3. The van der Waals surface area contributed by atoms with Crippen molar-refractivity contribution >= 4 is 17.1 Å². The highest BCUT2D eigenvalue weighted by Gasteiger charge is 2.20. The molecule has 0 radical (unpaired) electrons. The second kappa shape index (κ2) is 8.79. The quantitative estimate of drug-likeness (QED) is 0.303. The third-order valence-electron chi connectivity index (χ3n) is 5.59. The molecule has 0 spiro atoms. The average Bonchev–Trinajstić information content (AvgIpc) is 2.77. The van der Waals surface area contributed by atoms with Crippen LogP contribution < -0.4 is 9.64 Å². The van der Waals surface area contributed by atoms with E-state index in [4.69, 9.17) is 4.74 Å². The van der Waals surface area contributed by atoms with Crippen molar-refractivity contribution in [3.8, 4) is 28.7 Å². The molecule has 0 amide bonds. The molecule has 0 saturated carbocycles. The molecule has 0 aliphatic carbocycles. The van der Waals surface area contributed by atoms with Gasteiger partial charge in [0, 0.05) is 11.4 Å². The normalized spacial score (nSPS) is 10.8. The zero-order chi connectivity index (χ0) is 23.7. The monoisotopic (exact) mass is 441 g/mol. The first-order chi connectivity index (χ1) is 15.7. The summed E-state index contributed by atoms with van der Waals surface area (Å²) in [6.45, 7) is 7.51. The van der Waals surface area contributed by atoms with Crippen LogP contribution in [0.25, 0.3) is 0 Å². The number of para-hydroxylation sites is 2. The van der Waals surface area contributed by atoms with Crippen LogP contribution in [0, 0.1) is 27.7 Å². The zero-order valence-electron chi connectivity index (χ0n) is 19.1. The summed E-state index contributed by atoms with van der Waals surface area (Å²) >= 11 is 0. The Hall–Kier alpha value is -4.12.